The molecule has 0 spiro atoms. The third-order valence-corrected chi connectivity index (χ3v) is 4.41. The highest BCUT2D eigenvalue weighted by atomic mass is 32.1. The van der Waals surface area contributed by atoms with Crippen LogP contribution in [-0.4, -0.2) is 20.9 Å². The summed E-state index contributed by atoms with van der Waals surface area (Å²) in [5.41, 5.74) is 1.16. The van der Waals surface area contributed by atoms with E-state index < -0.39 is 12.1 Å². The van der Waals surface area contributed by atoms with E-state index in [1.54, 1.807) is 15.9 Å². The lowest BCUT2D eigenvalue weighted by molar-refractivity contribution is -0.182. The van der Waals surface area contributed by atoms with Crippen molar-refractivity contribution in [2.24, 2.45) is 5.92 Å². The van der Waals surface area contributed by atoms with Crippen molar-refractivity contribution >= 4 is 11.3 Å². The Bertz CT molecular complexity index is 591. The first-order chi connectivity index (χ1) is 10.0. The van der Waals surface area contributed by atoms with Gasteiger partial charge < -0.3 is 9.88 Å². The fourth-order valence-corrected chi connectivity index (χ4v) is 3.16. The normalized spacial score (nSPS) is 18.7. The zero-order valence-corrected chi connectivity index (χ0v) is 12.0. The zero-order valence-electron chi connectivity index (χ0n) is 11.2. The standard InChI is InChI=1S/C13H15F3N4S/c14-13(15,16)10-1-2-11-18-19-12(20(11)7-10)6-17-5-9-3-4-21-8-9/h3-4,8,10,17H,1-2,5-7H2/t10-/m0/s1. The molecule has 8 heteroatoms. The minimum atomic E-state index is -4.15. The molecule has 0 aromatic carbocycles. The number of aryl methyl sites for hydroxylation is 1. The summed E-state index contributed by atoms with van der Waals surface area (Å²) < 4.78 is 40.1. The lowest BCUT2D eigenvalue weighted by atomic mass is 9.99. The van der Waals surface area contributed by atoms with Gasteiger partial charge in [0.05, 0.1) is 12.5 Å². The highest BCUT2D eigenvalue weighted by molar-refractivity contribution is 7.07. The van der Waals surface area contributed by atoms with Crippen molar-refractivity contribution in [2.75, 3.05) is 0 Å². The monoisotopic (exact) mass is 316 g/mol. The Morgan fingerprint density at radius 1 is 1.33 bits per heavy atom. The maximum atomic E-state index is 12.8. The molecule has 3 rings (SSSR count). The average Bonchev–Trinajstić information content (AvgIpc) is 3.07. The molecule has 2 aromatic rings. The van der Waals surface area contributed by atoms with Crippen molar-refractivity contribution in [3.8, 4) is 0 Å². The molecule has 2 aromatic heterocycles. The van der Waals surface area contributed by atoms with Crippen LogP contribution in [0.4, 0.5) is 13.2 Å². The molecule has 0 unspecified atom stereocenters. The maximum absolute atomic E-state index is 12.8. The van der Waals surface area contributed by atoms with Crippen molar-refractivity contribution < 1.29 is 13.2 Å². The third kappa shape index (κ3) is 3.26. The number of fused-ring (bicyclic) bond motifs is 1. The van der Waals surface area contributed by atoms with E-state index in [1.165, 1.54) is 0 Å². The lowest BCUT2D eigenvalue weighted by Gasteiger charge is -2.26. The van der Waals surface area contributed by atoms with Gasteiger partial charge in [0.1, 0.15) is 11.6 Å². The number of halogens is 3. The second kappa shape index (κ2) is 5.76. The van der Waals surface area contributed by atoms with Gasteiger partial charge in [0.15, 0.2) is 0 Å². The summed E-state index contributed by atoms with van der Waals surface area (Å²) in [6.45, 7) is 1.03. The molecule has 0 saturated heterocycles. The summed E-state index contributed by atoms with van der Waals surface area (Å²) in [6, 6.07) is 2.01. The predicted octanol–water partition coefficient (Wildman–Crippen LogP) is 2.75. The molecule has 21 heavy (non-hydrogen) atoms. The molecule has 1 N–H and O–H groups in total. The minimum absolute atomic E-state index is 0.0682. The second-order valence-electron chi connectivity index (χ2n) is 5.16. The van der Waals surface area contributed by atoms with Gasteiger partial charge in [0.25, 0.3) is 0 Å². The number of rotatable bonds is 4. The Morgan fingerprint density at radius 3 is 2.90 bits per heavy atom. The van der Waals surface area contributed by atoms with E-state index in [9.17, 15) is 13.2 Å². The number of thiophene rings is 1. The van der Waals surface area contributed by atoms with Crippen molar-refractivity contribution in [3.05, 3.63) is 34.0 Å². The van der Waals surface area contributed by atoms with Gasteiger partial charge in [-0.15, -0.1) is 10.2 Å². The Labute approximate surface area is 124 Å². The molecule has 3 heterocycles. The van der Waals surface area contributed by atoms with Crippen LogP contribution in [0.5, 0.6) is 0 Å². The van der Waals surface area contributed by atoms with Crippen LogP contribution in [0.25, 0.3) is 0 Å². The topological polar surface area (TPSA) is 42.7 Å². The van der Waals surface area contributed by atoms with Crippen LogP contribution in [0.3, 0.4) is 0 Å². The van der Waals surface area contributed by atoms with Crippen LogP contribution >= 0.6 is 11.3 Å². The van der Waals surface area contributed by atoms with Crippen LogP contribution in [0.1, 0.15) is 23.6 Å². The number of nitrogens with one attached hydrogen (secondary N) is 1. The molecule has 1 aliphatic rings. The maximum Gasteiger partial charge on any atom is 0.393 e. The predicted molar refractivity (Wildman–Crippen MR) is 72.8 cm³/mol. The number of nitrogens with zero attached hydrogens (tertiary/aromatic N) is 3. The van der Waals surface area contributed by atoms with E-state index in [0.29, 0.717) is 31.2 Å². The summed E-state index contributed by atoms with van der Waals surface area (Å²) in [5.74, 6) is -0.0614. The number of hydrogen-bond donors (Lipinski definition) is 1. The van der Waals surface area contributed by atoms with Gasteiger partial charge in [0.2, 0.25) is 0 Å². The molecule has 0 amide bonds. The Hall–Kier alpha value is -1.41. The highest BCUT2D eigenvalue weighted by Crippen LogP contribution is 2.34. The van der Waals surface area contributed by atoms with E-state index in [-0.39, 0.29) is 13.0 Å². The molecular weight excluding hydrogens is 301 g/mol. The largest absolute Gasteiger partial charge is 0.393 e. The number of alkyl halides is 3. The van der Waals surface area contributed by atoms with Crippen molar-refractivity contribution in [3.63, 3.8) is 0 Å². The molecule has 4 nitrogen and oxygen atoms in total. The van der Waals surface area contributed by atoms with Gasteiger partial charge in [-0.05, 0) is 28.8 Å². The van der Waals surface area contributed by atoms with Crippen LogP contribution in [0, 0.1) is 5.92 Å². The average molecular weight is 316 g/mol. The summed E-state index contributed by atoms with van der Waals surface area (Å²) >= 11 is 1.62. The fourth-order valence-electron chi connectivity index (χ4n) is 2.49. The van der Waals surface area contributed by atoms with Crippen molar-refractivity contribution in [1.82, 2.24) is 20.1 Å². The highest BCUT2D eigenvalue weighted by Gasteiger charge is 2.42. The van der Waals surface area contributed by atoms with Gasteiger partial charge in [-0.25, -0.2) is 0 Å². The molecular formula is C13H15F3N4S. The molecule has 1 atom stereocenters. The number of aromatic nitrogens is 3. The molecule has 0 radical (unpaired) electrons. The summed E-state index contributed by atoms with van der Waals surface area (Å²) in [6.07, 6.45) is -3.71. The summed E-state index contributed by atoms with van der Waals surface area (Å²) in [5, 5.41) is 15.2. The second-order valence-corrected chi connectivity index (χ2v) is 5.94. The smallest absolute Gasteiger partial charge is 0.313 e. The van der Waals surface area contributed by atoms with E-state index in [4.69, 9.17) is 0 Å². The van der Waals surface area contributed by atoms with Crippen molar-refractivity contribution in [2.45, 2.75) is 38.7 Å². The number of hydrogen-bond acceptors (Lipinski definition) is 4. The molecule has 0 fully saturated rings. The first kappa shape index (κ1) is 14.5. The van der Waals surface area contributed by atoms with Gasteiger partial charge in [-0.2, -0.15) is 24.5 Å². The third-order valence-electron chi connectivity index (χ3n) is 3.68. The first-order valence-electron chi connectivity index (χ1n) is 6.73. The van der Waals surface area contributed by atoms with E-state index >= 15 is 0 Å². The Morgan fingerprint density at radius 2 is 2.19 bits per heavy atom. The Kier molecular flexibility index (Phi) is 3.99. The quantitative estimate of drug-likeness (QED) is 0.943. The molecule has 0 bridgehead atoms. The van der Waals surface area contributed by atoms with E-state index in [0.717, 1.165) is 5.56 Å². The van der Waals surface area contributed by atoms with E-state index in [1.807, 2.05) is 16.8 Å². The van der Waals surface area contributed by atoms with Crippen LogP contribution in [-0.2, 0) is 26.1 Å². The molecule has 1 aliphatic heterocycles. The molecule has 0 aliphatic carbocycles. The summed E-state index contributed by atoms with van der Waals surface area (Å²) in [4.78, 5) is 0. The van der Waals surface area contributed by atoms with E-state index in [2.05, 4.69) is 15.5 Å². The van der Waals surface area contributed by atoms with Gasteiger partial charge >= 0.3 is 6.18 Å². The lowest BCUT2D eigenvalue weighted by Crippen LogP contribution is -2.33. The van der Waals surface area contributed by atoms with Crippen molar-refractivity contribution in [1.29, 1.82) is 0 Å². The minimum Gasteiger partial charge on any atom is -0.313 e. The molecule has 114 valence electrons. The van der Waals surface area contributed by atoms with Crippen LogP contribution in [0.2, 0.25) is 0 Å². The van der Waals surface area contributed by atoms with Gasteiger partial charge in [-0.3, -0.25) is 0 Å². The molecule has 0 saturated carbocycles. The van der Waals surface area contributed by atoms with Gasteiger partial charge in [-0.1, -0.05) is 0 Å². The summed E-state index contributed by atoms with van der Waals surface area (Å²) in [7, 11) is 0. The van der Waals surface area contributed by atoms with Gasteiger partial charge in [0, 0.05) is 19.5 Å². The SMILES string of the molecule is FC(F)(F)[C@H]1CCc2nnc(CNCc3ccsc3)n2C1. The Balaban J connectivity index is 1.64. The van der Waals surface area contributed by atoms with Crippen LogP contribution in [0.15, 0.2) is 16.8 Å². The van der Waals surface area contributed by atoms with Crippen LogP contribution < -0.4 is 5.32 Å². The first-order valence-corrected chi connectivity index (χ1v) is 7.68. The fraction of sp³-hybridized carbons (Fsp3) is 0.538. The zero-order chi connectivity index (χ0) is 14.9.